The largest absolute Gasteiger partial charge is 0.454 e. The van der Waals surface area contributed by atoms with Crippen molar-refractivity contribution in [1.82, 2.24) is 4.98 Å². The molecule has 0 unspecified atom stereocenters. The van der Waals surface area contributed by atoms with Gasteiger partial charge in [0.2, 0.25) is 5.56 Å². The zero-order chi connectivity index (χ0) is 11.3. The molecule has 0 spiro atoms. The van der Waals surface area contributed by atoms with E-state index in [1.165, 1.54) is 0 Å². The number of benzene rings is 1. The van der Waals surface area contributed by atoms with Crippen LogP contribution in [0.2, 0.25) is 0 Å². The van der Waals surface area contributed by atoms with Gasteiger partial charge in [-0.25, -0.2) is 0 Å². The number of nitrogens with one attached hydrogen (secondary N) is 1. The highest BCUT2D eigenvalue weighted by Crippen LogP contribution is 2.29. The van der Waals surface area contributed by atoms with Crippen molar-refractivity contribution < 1.29 is 4.42 Å². The summed E-state index contributed by atoms with van der Waals surface area (Å²) >= 11 is 0. The van der Waals surface area contributed by atoms with Crippen LogP contribution in [0.4, 0.5) is 0 Å². The van der Waals surface area contributed by atoms with Gasteiger partial charge in [0.1, 0.15) is 5.58 Å². The number of hydrogen-bond donors (Lipinski definition) is 1. The van der Waals surface area contributed by atoms with Gasteiger partial charge in [-0.05, 0) is 25.5 Å². The molecule has 2 heterocycles. The lowest BCUT2D eigenvalue weighted by atomic mass is 10.1. The Hall–Kier alpha value is -2.03. The Morgan fingerprint density at radius 1 is 1.12 bits per heavy atom. The Labute approximate surface area is 91.7 Å². The quantitative estimate of drug-likeness (QED) is 0.624. The second kappa shape index (κ2) is 2.98. The third-order valence-corrected chi connectivity index (χ3v) is 2.81. The minimum absolute atomic E-state index is 0.0896. The van der Waals surface area contributed by atoms with Gasteiger partial charge in [-0.1, -0.05) is 12.1 Å². The number of rotatable bonds is 0. The van der Waals surface area contributed by atoms with Gasteiger partial charge in [0.25, 0.3) is 0 Å². The maximum absolute atomic E-state index is 11.4. The normalized spacial score (nSPS) is 11.4. The fraction of sp³-hybridized carbons (Fsp3) is 0.154. The van der Waals surface area contributed by atoms with Crippen LogP contribution in [0.3, 0.4) is 0 Å². The van der Waals surface area contributed by atoms with Crippen LogP contribution in [0, 0.1) is 13.8 Å². The minimum Gasteiger partial charge on any atom is -0.454 e. The number of pyridine rings is 1. The Balaban J connectivity index is 2.61. The molecule has 0 amide bonds. The molecule has 0 aliphatic rings. The molecule has 0 bridgehead atoms. The molecular formula is C13H11NO2. The average Bonchev–Trinajstić information content (AvgIpc) is 2.56. The molecule has 0 saturated carbocycles. The van der Waals surface area contributed by atoms with Crippen LogP contribution in [-0.4, -0.2) is 4.98 Å². The van der Waals surface area contributed by atoms with Gasteiger partial charge in [0.15, 0.2) is 5.58 Å². The summed E-state index contributed by atoms with van der Waals surface area (Å²) in [5.41, 5.74) is 3.43. The second-order valence-corrected chi connectivity index (χ2v) is 4.10. The molecule has 3 heteroatoms. The summed E-state index contributed by atoms with van der Waals surface area (Å²) in [6.07, 6.45) is 0. The zero-order valence-electron chi connectivity index (χ0n) is 9.13. The molecule has 0 aliphatic carbocycles. The van der Waals surface area contributed by atoms with E-state index in [0.717, 1.165) is 33.2 Å². The first-order valence-electron chi connectivity index (χ1n) is 5.18. The Morgan fingerprint density at radius 2 is 1.94 bits per heavy atom. The van der Waals surface area contributed by atoms with Crippen LogP contribution in [-0.2, 0) is 0 Å². The molecule has 16 heavy (non-hydrogen) atoms. The maximum Gasteiger partial charge on any atom is 0.248 e. The summed E-state index contributed by atoms with van der Waals surface area (Å²) in [7, 11) is 0. The molecule has 0 aliphatic heterocycles. The van der Waals surface area contributed by atoms with Crippen LogP contribution < -0.4 is 5.56 Å². The highest BCUT2D eigenvalue weighted by Gasteiger charge is 2.09. The van der Waals surface area contributed by atoms with E-state index in [9.17, 15) is 4.79 Å². The Morgan fingerprint density at radius 3 is 2.75 bits per heavy atom. The molecule has 0 radical (unpaired) electrons. The maximum atomic E-state index is 11.4. The van der Waals surface area contributed by atoms with Crippen molar-refractivity contribution >= 4 is 21.9 Å². The van der Waals surface area contributed by atoms with Crippen LogP contribution in [0.15, 0.2) is 33.5 Å². The van der Waals surface area contributed by atoms with E-state index >= 15 is 0 Å². The van der Waals surface area contributed by atoms with Crippen LogP contribution >= 0.6 is 0 Å². The van der Waals surface area contributed by atoms with Gasteiger partial charge in [-0.15, -0.1) is 0 Å². The molecule has 1 aromatic carbocycles. The van der Waals surface area contributed by atoms with Crippen molar-refractivity contribution in [3.63, 3.8) is 0 Å². The number of H-pyrrole nitrogens is 1. The fourth-order valence-corrected chi connectivity index (χ4v) is 2.05. The minimum atomic E-state index is -0.0896. The zero-order valence-corrected chi connectivity index (χ0v) is 9.13. The highest BCUT2D eigenvalue weighted by molar-refractivity contribution is 6.05. The Kier molecular flexibility index (Phi) is 1.72. The number of fused-ring (bicyclic) bond motifs is 3. The van der Waals surface area contributed by atoms with Crippen molar-refractivity contribution in [1.29, 1.82) is 0 Å². The van der Waals surface area contributed by atoms with Crippen LogP contribution in [0.1, 0.15) is 11.3 Å². The predicted octanol–water partition coefficient (Wildman–Crippen LogP) is 2.89. The van der Waals surface area contributed by atoms with E-state index in [4.69, 9.17) is 4.42 Å². The number of aryl methyl sites for hydroxylation is 2. The first-order valence-corrected chi connectivity index (χ1v) is 5.18. The molecule has 0 saturated heterocycles. The van der Waals surface area contributed by atoms with Crippen LogP contribution in [0.25, 0.3) is 21.9 Å². The molecule has 80 valence electrons. The number of aromatic nitrogens is 1. The lowest BCUT2D eigenvalue weighted by molar-refractivity contribution is 0.662. The Bertz CT molecular complexity index is 750. The van der Waals surface area contributed by atoms with Crippen molar-refractivity contribution in [2.75, 3.05) is 0 Å². The molecule has 1 N–H and O–H groups in total. The predicted molar refractivity (Wildman–Crippen MR) is 63.8 cm³/mol. The van der Waals surface area contributed by atoms with Crippen molar-refractivity contribution in [3.05, 3.63) is 45.9 Å². The first-order chi connectivity index (χ1) is 7.65. The van der Waals surface area contributed by atoms with E-state index in [2.05, 4.69) is 4.98 Å². The number of furan rings is 1. The summed E-state index contributed by atoms with van der Waals surface area (Å²) in [6, 6.07) is 7.59. The molecule has 2 aromatic heterocycles. The van der Waals surface area contributed by atoms with Gasteiger partial charge in [0.05, 0.1) is 5.69 Å². The smallest absolute Gasteiger partial charge is 0.248 e. The SMILES string of the molecule is Cc1ccc2c(c1)oc1c(C)[nH]c(=O)cc12. The van der Waals surface area contributed by atoms with E-state index < -0.39 is 0 Å². The standard InChI is InChI=1S/C13H11NO2/c1-7-3-4-9-10-6-12(15)14-8(2)13(10)16-11(9)5-7/h3-6H,1-2H3,(H,14,15). The summed E-state index contributed by atoms with van der Waals surface area (Å²) < 4.78 is 5.75. The van der Waals surface area contributed by atoms with Crippen molar-refractivity contribution in [2.45, 2.75) is 13.8 Å². The molecule has 3 rings (SSSR count). The van der Waals surface area contributed by atoms with E-state index in [1.807, 2.05) is 32.0 Å². The number of hydrogen-bond acceptors (Lipinski definition) is 2. The van der Waals surface area contributed by atoms with Gasteiger partial charge < -0.3 is 9.40 Å². The summed E-state index contributed by atoms with van der Waals surface area (Å²) in [5.74, 6) is 0. The number of aromatic amines is 1. The van der Waals surface area contributed by atoms with Gasteiger partial charge in [-0.3, -0.25) is 4.79 Å². The topological polar surface area (TPSA) is 46.0 Å². The molecule has 0 atom stereocenters. The summed E-state index contributed by atoms with van der Waals surface area (Å²) in [4.78, 5) is 14.2. The molecular weight excluding hydrogens is 202 g/mol. The van der Waals surface area contributed by atoms with Gasteiger partial charge in [-0.2, -0.15) is 0 Å². The first kappa shape index (κ1) is 9.21. The molecule has 3 nitrogen and oxygen atoms in total. The lowest BCUT2D eigenvalue weighted by Crippen LogP contribution is -2.04. The monoisotopic (exact) mass is 213 g/mol. The summed E-state index contributed by atoms with van der Waals surface area (Å²) in [6.45, 7) is 3.86. The molecule has 3 aromatic rings. The van der Waals surface area contributed by atoms with Crippen LogP contribution in [0.5, 0.6) is 0 Å². The third kappa shape index (κ3) is 1.18. The lowest BCUT2D eigenvalue weighted by Gasteiger charge is -1.92. The second-order valence-electron chi connectivity index (χ2n) is 4.10. The highest BCUT2D eigenvalue weighted by atomic mass is 16.3. The fourth-order valence-electron chi connectivity index (χ4n) is 2.05. The van der Waals surface area contributed by atoms with Crippen molar-refractivity contribution in [2.24, 2.45) is 0 Å². The van der Waals surface area contributed by atoms with Gasteiger partial charge >= 0.3 is 0 Å². The van der Waals surface area contributed by atoms with Crippen molar-refractivity contribution in [3.8, 4) is 0 Å². The van der Waals surface area contributed by atoms with E-state index in [0.29, 0.717) is 0 Å². The summed E-state index contributed by atoms with van der Waals surface area (Å²) in [5, 5.41) is 1.88. The molecule has 0 fully saturated rings. The third-order valence-electron chi connectivity index (χ3n) is 2.81. The average molecular weight is 213 g/mol. The van der Waals surface area contributed by atoms with E-state index in [1.54, 1.807) is 6.07 Å². The van der Waals surface area contributed by atoms with Gasteiger partial charge in [0, 0.05) is 16.8 Å². The van der Waals surface area contributed by atoms with E-state index in [-0.39, 0.29) is 5.56 Å².